The first-order chi connectivity index (χ1) is 14.2. The van der Waals surface area contributed by atoms with Gasteiger partial charge in [-0.15, -0.1) is 11.8 Å². The average molecular weight is 414 g/mol. The molecule has 152 valence electrons. The van der Waals surface area contributed by atoms with Gasteiger partial charge in [-0.25, -0.2) is 4.98 Å². The van der Waals surface area contributed by atoms with E-state index in [1.807, 2.05) is 36.6 Å². The highest BCUT2D eigenvalue weighted by molar-refractivity contribution is 7.98. The zero-order chi connectivity index (χ0) is 20.1. The van der Waals surface area contributed by atoms with Crippen molar-refractivity contribution in [1.82, 2.24) is 20.1 Å². The average Bonchev–Trinajstić information content (AvgIpc) is 3.27. The third-order valence-corrected chi connectivity index (χ3v) is 5.30. The van der Waals surface area contributed by atoms with Gasteiger partial charge in [0.15, 0.2) is 6.61 Å². The number of aromatic nitrogens is 4. The van der Waals surface area contributed by atoms with Gasteiger partial charge in [-0.2, -0.15) is 9.97 Å². The Kier molecular flexibility index (Phi) is 6.26. The maximum Gasteiger partial charge on any atom is 0.264 e. The van der Waals surface area contributed by atoms with Crippen LogP contribution in [0.4, 0.5) is 5.95 Å². The Bertz CT molecular complexity index is 942. The predicted octanol–water partition coefficient (Wildman–Crippen LogP) is 3.23. The van der Waals surface area contributed by atoms with Crippen molar-refractivity contribution >= 4 is 17.7 Å². The summed E-state index contributed by atoms with van der Waals surface area (Å²) in [5.74, 6) is 2.12. The molecule has 0 aliphatic carbocycles. The number of benzene rings is 1. The molecule has 0 unspecified atom stereocenters. The van der Waals surface area contributed by atoms with Crippen LogP contribution < -0.4 is 9.64 Å². The third kappa shape index (κ3) is 4.86. The molecule has 9 heteroatoms. The van der Waals surface area contributed by atoms with Crippen LogP contribution in [0.2, 0.25) is 0 Å². The zero-order valence-corrected chi connectivity index (χ0v) is 17.3. The maximum atomic E-state index is 5.84. The molecule has 3 aromatic rings. The van der Waals surface area contributed by atoms with Crippen LogP contribution in [-0.2, 0) is 17.8 Å². The number of aryl methyl sites for hydroxylation is 1. The second kappa shape index (κ2) is 9.23. The monoisotopic (exact) mass is 413 g/mol. The van der Waals surface area contributed by atoms with Gasteiger partial charge in [-0.05, 0) is 36.9 Å². The first-order valence-corrected chi connectivity index (χ1v) is 10.8. The van der Waals surface area contributed by atoms with E-state index in [0.717, 1.165) is 30.8 Å². The van der Waals surface area contributed by atoms with Crippen LogP contribution in [-0.4, -0.2) is 52.7 Å². The third-order valence-electron chi connectivity index (χ3n) is 4.56. The number of anilines is 1. The molecule has 1 aliphatic heterocycles. The van der Waals surface area contributed by atoms with Crippen LogP contribution in [0, 0.1) is 0 Å². The van der Waals surface area contributed by atoms with Gasteiger partial charge in [-0.3, -0.25) is 0 Å². The Labute approximate surface area is 173 Å². The molecule has 1 aliphatic rings. The lowest BCUT2D eigenvalue weighted by Gasteiger charge is -2.27. The number of morpholine rings is 1. The van der Waals surface area contributed by atoms with Crippen molar-refractivity contribution in [3.8, 4) is 17.3 Å². The van der Waals surface area contributed by atoms with E-state index < -0.39 is 0 Å². The summed E-state index contributed by atoms with van der Waals surface area (Å²) in [5, 5.41) is 4.05. The van der Waals surface area contributed by atoms with E-state index in [1.54, 1.807) is 11.8 Å². The van der Waals surface area contributed by atoms with Crippen molar-refractivity contribution < 1.29 is 14.0 Å². The number of nitrogens with zero attached hydrogens (tertiary/aromatic N) is 5. The van der Waals surface area contributed by atoms with Crippen LogP contribution in [0.3, 0.4) is 0 Å². The van der Waals surface area contributed by atoms with E-state index >= 15 is 0 Å². The Morgan fingerprint density at radius 1 is 1.10 bits per heavy atom. The molecule has 0 amide bonds. The summed E-state index contributed by atoms with van der Waals surface area (Å²) in [4.78, 5) is 16.9. The van der Waals surface area contributed by atoms with Crippen molar-refractivity contribution in [3.05, 3.63) is 41.9 Å². The second-order valence-electron chi connectivity index (χ2n) is 6.48. The fourth-order valence-electron chi connectivity index (χ4n) is 2.93. The number of hydrogen-bond acceptors (Lipinski definition) is 9. The zero-order valence-electron chi connectivity index (χ0n) is 16.5. The van der Waals surface area contributed by atoms with Gasteiger partial charge in [0.2, 0.25) is 17.7 Å². The van der Waals surface area contributed by atoms with E-state index in [1.165, 1.54) is 4.90 Å². The minimum Gasteiger partial charge on any atom is -0.467 e. The van der Waals surface area contributed by atoms with Crippen LogP contribution in [0.1, 0.15) is 18.5 Å². The minimum atomic E-state index is 0.151. The van der Waals surface area contributed by atoms with Crippen molar-refractivity contribution in [1.29, 1.82) is 0 Å². The lowest BCUT2D eigenvalue weighted by atomic mass is 10.2. The summed E-state index contributed by atoms with van der Waals surface area (Å²) in [6.45, 7) is 5.11. The molecule has 4 rings (SSSR count). The van der Waals surface area contributed by atoms with Crippen molar-refractivity contribution in [2.75, 3.05) is 37.5 Å². The smallest absolute Gasteiger partial charge is 0.264 e. The second-order valence-corrected chi connectivity index (χ2v) is 7.36. The summed E-state index contributed by atoms with van der Waals surface area (Å²) in [6.07, 6.45) is 2.84. The molecule has 0 N–H and O–H groups in total. The number of thioether (sulfide) groups is 1. The number of ether oxygens (including phenoxy) is 2. The highest BCUT2D eigenvalue weighted by Gasteiger charge is 2.16. The maximum absolute atomic E-state index is 5.84. The normalized spacial score (nSPS) is 14.2. The van der Waals surface area contributed by atoms with Crippen LogP contribution in [0.5, 0.6) is 5.88 Å². The molecule has 1 aromatic carbocycles. The van der Waals surface area contributed by atoms with Gasteiger partial charge in [0, 0.05) is 35.3 Å². The van der Waals surface area contributed by atoms with E-state index in [2.05, 4.69) is 31.9 Å². The van der Waals surface area contributed by atoms with Crippen molar-refractivity contribution in [2.24, 2.45) is 0 Å². The lowest BCUT2D eigenvalue weighted by molar-refractivity contribution is 0.122. The van der Waals surface area contributed by atoms with E-state index in [4.69, 9.17) is 14.0 Å². The van der Waals surface area contributed by atoms with E-state index in [9.17, 15) is 0 Å². The van der Waals surface area contributed by atoms with E-state index in [-0.39, 0.29) is 6.61 Å². The molecule has 1 saturated heterocycles. The standard InChI is InChI=1S/C20H23N5O3S/c1-3-15-12-17(23-20(21-15)25-8-10-26-11-9-25)27-13-18-22-19(24-28-18)14-4-6-16(29-2)7-5-14/h4-7,12H,3,8-11,13H2,1-2H3. The summed E-state index contributed by atoms with van der Waals surface area (Å²) in [7, 11) is 0. The van der Waals surface area contributed by atoms with E-state index in [0.29, 0.717) is 36.8 Å². The molecular formula is C20H23N5O3S. The molecule has 29 heavy (non-hydrogen) atoms. The highest BCUT2D eigenvalue weighted by atomic mass is 32.2. The summed E-state index contributed by atoms with van der Waals surface area (Å²) in [5.41, 5.74) is 1.83. The van der Waals surface area contributed by atoms with Crippen LogP contribution in [0.25, 0.3) is 11.4 Å². The molecule has 0 saturated carbocycles. The summed E-state index contributed by atoms with van der Waals surface area (Å²) in [6, 6.07) is 9.88. The van der Waals surface area contributed by atoms with Gasteiger partial charge in [0.25, 0.3) is 5.89 Å². The number of rotatable bonds is 7. The molecule has 1 fully saturated rings. The van der Waals surface area contributed by atoms with Gasteiger partial charge in [0.05, 0.1) is 13.2 Å². The van der Waals surface area contributed by atoms with Gasteiger partial charge in [-0.1, -0.05) is 12.1 Å². The Morgan fingerprint density at radius 3 is 2.62 bits per heavy atom. The Morgan fingerprint density at radius 2 is 1.90 bits per heavy atom. The quantitative estimate of drug-likeness (QED) is 0.542. The van der Waals surface area contributed by atoms with Gasteiger partial charge < -0.3 is 18.9 Å². The highest BCUT2D eigenvalue weighted by Crippen LogP contribution is 2.22. The summed E-state index contributed by atoms with van der Waals surface area (Å²) >= 11 is 1.69. The molecule has 0 radical (unpaired) electrons. The minimum absolute atomic E-state index is 0.151. The van der Waals surface area contributed by atoms with Gasteiger partial charge >= 0.3 is 0 Å². The summed E-state index contributed by atoms with van der Waals surface area (Å²) < 4.78 is 16.6. The molecule has 2 aromatic heterocycles. The number of hydrogen-bond donors (Lipinski definition) is 0. The van der Waals surface area contributed by atoms with Crippen LogP contribution in [0.15, 0.2) is 39.8 Å². The first-order valence-electron chi connectivity index (χ1n) is 9.55. The fourth-order valence-corrected chi connectivity index (χ4v) is 3.33. The van der Waals surface area contributed by atoms with Crippen molar-refractivity contribution in [2.45, 2.75) is 24.8 Å². The SMILES string of the molecule is CCc1cc(OCc2nc(-c3ccc(SC)cc3)no2)nc(N2CCOCC2)n1. The molecule has 8 nitrogen and oxygen atoms in total. The molecule has 3 heterocycles. The molecule has 0 atom stereocenters. The van der Waals surface area contributed by atoms with Crippen molar-refractivity contribution in [3.63, 3.8) is 0 Å². The molecule has 0 bridgehead atoms. The Hall–Kier alpha value is -2.65. The lowest BCUT2D eigenvalue weighted by Crippen LogP contribution is -2.37. The predicted molar refractivity (Wildman–Crippen MR) is 110 cm³/mol. The molecular weight excluding hydrogens is 390 g/mol. The van der Waals surface area contributed by atoms with Crippen LogP contribution >= 0.6 is 11.8 Å². The van der Waals surface area contributed by atoms with Gasteiger partial charge in [0.1, 0.15) is 0 Å². The Balaban J connectivity index is 1.45. The molecule has 0 spiro atoms. The first kappa shape index (κ1) is 19.7. The largest absolute Gasteiger partial charge is 0.467 e. The fraction of sp³-hybridized carbons (Fsp3) is 0.400. The topological polar surface area (TPSA) is 86.4 Å².